The summed E-state index contributed by atoms with van der Waals surface area (Å²) in [6.45, 7) is -6.15. The molecule has 4 rings (SSSR count). The van der Waals surface area contributed by atoms with Gasteiger partial charge in [-0.05, 0) is 92.5 Å². The van der Waals surface area contributed by atoms with Crippen molar-refractivity contribution in [1.82, 2.24) is 15.3 Å². The summed E-state index contributed by atoms with van der Waals surface area (Å²) in [5.74, 6) is -3.55. The number of carbonyl (C=O) groups excluding carboxylic acids is 2. The number of benzene rings is 2. The molecule has 2 aromatic heterocycles. The molecule has 63 heavy (non-hydrogen) atoms. The lowest BCUT2D eigenvalue weighted by molar-refractivity contribution is -0.154. The Labute approximate surface area is 412 Å². The smallest absolute Gasteiger partial charge is 0.422 e. The Balaban J connectivity index is 0.000000996. The number of pyridine rings is 2. The molecular weight excluding hydrogens is 1380 g/mol. The first-order valence-electron chi connectivity index (χ1n) is 16.3. The Hall–Kier alpha value is -2.36. The van der Waals surface area contributed by atoms with Gasteiger partial charge in [0.05, 0.1) is 29.1 Å². The van der Waals surface area contributed by atoms with Gasteiger partial charge in [-0.3, -0.25) is 19.6 Å². The van der Waals surface area contributed by atoms with E-state index < -0.39 is 93.9 Å². The van der Waals surface area contributed by atoms with Crippen LogP contribution in [0.3, 0.4) is 0 Å². The number of carbonyl (C=O) groups is 2. The van der Waals surface area contributed by atoms with E-state index in [-0.39, 0.29) is 36.3 Å². The summed E-state index contributed by atoms with van der Waals surface area (Å²) < 4.78 is 163. The number of hydrogen-bond acceptors (Lipinski definition) is 9. The molecule has 0 aliphatic heterocycles. The SMILES string of the molecule is I.II.NCc1ccccn1.O=C(NCc1ccccn1)c1cc(OCC(F)(F)F)ccc1OCC(F)(F)F.O=C(c1cc(OCC(F)(F)F)ccc1OCC(F)(F)F)C(Cl)(Br)Br. The molecule has 0 radical (unpaired) electrons. The lowest BCUT2D eigenvalue weighted by Gasteiger charge is -2.17. The van der Waals surface area contributed by atoms with Gasteiger partial charge in [0.25, 0.3) is 5.91 Å². The third-order valence-corrected chi connectivity index (χ3v) is 7.22. The van der Waals surface area contributed by atoms with Gasteiger partial charge >= 0.3 is 24.7 Å². The van der Waals surface area contributed by atoms with E-state index in [0.29, 0.717) is 12.2 Å². The summed E-state index contributed by atoms with van der Waals surface area (Å²) in [7, 11) is 0. The van der Waals surface area contributed by atoms with Crippen LogP contribution in [0.1, 0.15) is 32.1 Å². The van der Waals surface area contributed by atoms with Gasteiger partial charge < -0.3 is 30.0 Å². The highest BCUT2D eigenvalue weighted by atomic mass is 128. The largest absolute Gasteiger partial charge is 0.484 e. The third kappa shape index (κ3) is 27.7. The number of nitrogens with one attached hydrogen (secondary N) is 1. The minimum absolute atomic E-state index is 0. The molecule has 2 aromatic carbocycles. The maximum atomic E-state index is 12.4. The number of ether oxygens (including phenoxy) is 4. The van der Waals surface area contributed by atoms with Crippen molar-refractivity contribution in [2.45, 2.75) is 40.5 Å². The highest BCUT2D eigenvalue weighted by Gasteiger charge is 2.36. The number of hydrogen-bond donors (Lipinski definition) is 2. The normalized spacial score (nSPS) is 11.4. The highest BCUT2D eigenvalue weighted by Crippen LogP contribution is 2.39. The molecule has 0 saturated carbocycles. The molecule has 352 valence electrons. The second-order valence-corrected chi connectivity index (χ2v) is 16.2. The van der Waals surface area contributed by atoms with E-state index in [2.05, 4.69) is 103 Å². The van der Waals surface area contributed by atoms with Crippen LogP contribution in [-0.2, 0) is 13.1 Å². The van der Waals surface area contributed by atoms with Crippen molar-refractivity contribution in [3.05, 3.63) is 108 Å². The quantitative estimate of drug-likeness (QED) is 0.0548. The van der Waals surface area contributed by atoms with Crippen LogP contribution in [0.4, 0.5) is 52.7 Å². The fourth-order valence-corrected chi connectivity index (χ4v) is 4.42. The fraction of sp³-hybridized carbons (Fsp3) is 0.314. The van der Waals surface area contributed by atoms with Crippen LogP contribution in [0.25, 0.3) is 0 Å². The molecule has 0 atom stereocenters. The third-order valence-electron chi connectivity index (χ3n) is 6.33. The van der Waals surface area contributed by atoms with Gasteiger partial charge in [-0.15, -0.1) is 24.0 Å². The average molecular weight is 1410 g/mol. The number of halogens is 18. The Morgan fingerprint density at radius 3 is 1.35 bits per heavy atom. The molecule has 28 heteroatoms. The zero-order valence-corrected chi connectivity index (χ0v) is 41.7. The Bertz CT molecular complexity index is 1970. The van der Waals surface area contributed by atoms with E-state index in [9.17, 15) is 62.3 Å². The van der Waals surface area contributed by atoms with Crippen molar-refractivity contribution in [2.24, 2.45) is 5.73 Å². The zero-order valence-electron chi connectivity index (χ0n) is 31.1. The van der Waals surface area contributed by atoms with E-state index >= 15 is 0 Å². The molecule has 10 nitrogen and oxygen atoms in total. The van der Waals surface area contributed by atoms with Crippen LogP contribution in [0.2, 0.25) is 0 Å². The first kappa shape index (κ1) is 60.6. The lowest BCUT2D eigenvalue weighted by Crippen LogP contribution is -2.26. The number of alkyl halides is 15. The van der Waals surface area contributed by atoms with Crippen molar-refractivity contribution in [3.8, 4) is 23.0 Å². The monoisotopic (exact) mass is 1400 g/mol. The fourth-order valence-electron chi connectivity index (χ4n) is 3.89. The maximum absolute atomic E-state index is 12.4. The minimum Gasteiger partial charge on any atom is -0.484 e. The van der Waals surface area contributed by atoms with Crippen LogP contribution in [0.15, 0.2) is 85.2 Å². The number of rotatable bonds is 14. The van der Waals surface area contributed by atoms with E-state index in [4.69, 9.17) is 17.3 Å². The molecule has 0 aliphatic rings. The van der Waals surface area contributed by atoms with Crippen LogP contribution in [-0.4, -0.2) is 75.5 Å². The molecular formula is C35H30Br2ClF12I3N4O6. The number of amides is 1. The number of ketones is 1. The Morgan fingerprint density at radius 2 is 1.00 bits per heavy atom. The van der Waals surface area contributed by atoms with Crippen molar-refractivity contribution in [1.29, 1.82) is 0 Å². The average Bonchev–Trinajstić information content (AvgIpc) is 3.20. The topological polar surface area (TPSA) is 135 Å². The summed E-state index contributed by atoms with van der Waals surface area (Å²) >= 11 is 15.4. The standard InChI is InChI=1S/C17H14F6N2O3.C12H7Br2ClF6O3.C6H8N2.I2.HI/c18-16(19,20)9-27-12-4-5-14(28-10-17(21,22)23)13(7-12)15(26)25-8-11-3-1-2-6-24-11;13-12(14,15)9(22)7-3-6(23-4-10(16,17)18)1-2-8(7)24-5-11(19,20)21;7-5-6-3-1-2-4-8-6;1-2;/h1-7H,8-10H2,(H,25,26);1-3H,4-5H2;1-4H,5,7H2;;1H. The van der Waals surface area contributed by atoms with Gasteiger partial charge in [0.15, 0.2) is 26.4 Å². The molecule has 3 N–H and O–H groups in total. The van der Waals surface area contributed by atoms with E-state index in [1.54, 1.807) is 24.4 Å². The molecule has 1 amide bonds. The number of aromatic nitrogens is 2. The van der Waals surface area contributed by atoms with Gasteiger partial charge in [0, 0.05) is 56.2 Å². The van der Waals surface area contributed by atoms with Crippen LogP contribution in [0.5, 0.6) is 23.0 Å². The predicted molar refractivity (Wildman–Crippen MR) is 241 cm³/mol. The van der Waals surface area contributed by atoms with Crippen LogP contribution in [0, 0.1) is 0 Å². The van der Waals surface area contributed by atoms with Crippen LogP contribution >= 0.6 is 105 Å². The molecule has 0 aliphatic carbocycles. The first-order chi connectivity index (χ1) is 28.7. The number of nitrogens with two attached hydrogens (primary N) is 1. The number of Topliss-reactive ketones (excluding diaryl/α,β-unsaturated/α-hetero) is 1. The van der Waals surface area contributed by atoms with Gasteiger partial charge in [0.2, 0.25) is 8.48 Å². The van der Waals surface area contributed by atoms with Crippen molar-refractivity contribution < 1.29 is 81.2 Å². The molecule has 0 fully saturated rings. The molecule has 0 unspecified atom stereocenters. The first-order valence-corrected chi connectivity index (χ1v) is 24.5. The summed E-state index contributed by atoms with van der Waals surface area (Å²) in [5.41, 5.74) is 5.79. The zero-order chi connectivity index (χ0) is 47.4. The van der Waals surface area contributed by atoms with E-state index in [1.165, 1.54) is 6.20 Å². The number of nitrogens with zero attached hydrogens (tertiary/aromatic N) is 2. The predicted octanol–water partition coefficient (Wildman–Crippen LogP) is 12.3. The van der Waals surface area contributed by atoms with Gasteiger partial charge in [0.1, 0.15) is 23.0 Å². The molecule has 4 aromatic rings. The molecule has 0 spiro atoms. The Kier molecular flexibility index (Phi) is 27.6. The summed E-state index contributed by atoms with van der Waals surface area (Å²) in [6.07, 6.45) is -15.4. The highest BCUT2D eigenvalue weighted by molar-refractivity contribution is 15.0. The maximum Gasteiger partial charge on any atom is 0.422 e. The summed E-state index contributed by atoms with van der Waals surface area (Å²) in [5, 5.41) is 2.41. The van der Waals surface area contributed by atoms with Crippen molar-refractivity contribution in [2.75, 3.05) is 26.4 Å². The van der Waals surface area contributed by atoms with Crippen molar-refractivity contribution >= 4 is 116 Å². The van der Waals surface area contributed by atoms with Gasteiger partial charge in [-0.2, -0.15) is 52.7 Å². The second kappa shape index (κ2) is 28.6. The summed E-state index contributed by atoms with van der Waals surface area (Å²) in [6, 6.07) is 16.0. The van der Waals surface area contributed by atoms with Gasteiger partial charge in [-0.1, -0.05) is 23.7 Å². The minimum atomic E-state index is -4.67. The van der Waals surface area contributed by atoms with Crippen molar-refractivity contribution in [3.63, 3.8) is 0 Å². The second-order valence-electron chi connectivity index (χ2n) is 11.3. The lowest BCUT2D eigenvalue weighted by atomic mass is 10.1. The van der Waals surface area contributed by atoms with E-state index in [0.717, 1.165) is 42.1 Å². The Morgan fingerprint density at radius 1 is 0.619 bits per heavy atom. The molecule has 0 bridgehead atoms. The molecule has 2 heterocycles. The molecule has 0 saturated heterocycles. The van der Waals surface area contributed by atoms with E-state index in [1.807, 2.05) is 18.2 Å². The van der Waals surface area contributed by atoms with Gasteiger partial charge in [-0.25, -0.2) is 0 Å². The van der Waals surface area contributed by atoms with Crippen LogP contribution < -0.4 is 30.0 Å². The summed E-state index contributed by atoms with van der Waals surface area (Å²) in [4.78, 5) is 32.4.